The second kappa shape index (κ2) is 5.92. The third-order valence-corrected chi connectivity index (χ3v) is 9.08. The van der Waals surface area contributed by atoms with Crippen LogP contribution in [0.2, 0.25) is 18.1 Å². The van der Waals surface area contributed by atoms with Crippen molar-refractivity contribution in [1.29, 1.82) is 0 Å². The summed E-state index contributed by atoms with van der Waals surface area (Å²) in [7, 11) is -1.65. The Bertz CT molecular complexity index is 286. The van der Waals surface area contributed by atoms with Crippen LogP contribution >= 0.6 is 0 Å². The fraction of sp³-hybridized carbons (Fsp3) is 0.875. The summed E-state index contributed by atoms with van der Waals surface area (Å²) in [5.74, 6) is 1.24. The van der Waals surface area contributed by atoms with E-state index in [9.17, 15) is 0 Å². The molecule has 0 saturated carbocycles. The minimum Gasteiger partial charge on any atom is -0.413 e. The highest BCUT2D eigenvalue weighted by molar-refractivity contribution is 6.74. The molecule has 0 heterocycles. The van der Waals surface area contributed by atoms with Gasteiger partial charge in [0.1, 0.15) is 0 Å². The largest absolute Gasteiger partial charge is 0.413 e. The van der Waals surface area contributed by atoms with Crippen LogP contribution in [0, 0.1) is 11.8 Å². The Kier molecular flexibility index (Phi) is 5.25. The molecule has 0 N–H and O–H groups in total. The first-order valence-electron chi connectivity index (χ1n) is 7.49. The highest BCUT2D eigenvalue weighted by Gasteiger charge is 2.41. The Morgan fingerprint density at radius 2 is 1.83 bits per heavy atom. The number of allylic oxidation sites excluding steroid dienone is 1. The van der Waals surface area contributed by atoms with E-state index in [1.54, 1.807) is 0 Å². The first-order chi connectivity index (χ1) is 8.15. The molecule has 106 valence electrons. The van der Waals surface area contributed by atoms with Gasteiger partial charge in [0.25, 0.3) is 0 Å². The van der Waals surface area contributed by atoms with Crippen molar-refractivity contribution in [1.82, 2.24) is 0 Å². The van der Waals surface area contributed by atoms with Gasteiger partial charge in [-0.3, -0.25) is 0 Å². The zero-order valence-corrected chi connectivity index (χ0v) is 14.4. The quantitative estimate of drug-likeness (QED) is 0.491. The molecule has 0 unspecified atom stereocenters. The second-order valence-electron chi connectivity index (χ2n) is 7.61. The summed E-state index contributed by atoms with van der Waals surface area (Å²) in [6, 6.07) is 0. The Hall–Kier alpha value is -0.0831. The Morgan fingerprint density at radius 1 is 1.22 bits per heavy atom. The fourth-order valence-corrected chi connectivity index (χ4v) is 3.83. The molecule has 0 spiro atoms. The number of hydrogen-bond donors (Lipinski definition) is 0. The lowest BCUT2D eigenvalue weighted by molar-refractivity contribution is 0.0875. The molecule has 0 aromatic rings. The predicted molar refractivity (Wildman–Crippen MR) is 83.4 cm³/mol. The second-order valence-corrected chi connectivity index (χ2v) is 12.4. The van der Waals surface area contributed by atoms with Gasteiger partial charge in [0.15, 0.2) is 8.32 Å². The zero-order chi connectivity index (χ0) is 14.0. The van der Waals surface area contributed by atoms with Gasteiger partial charge in [-0.25, -0.2) is 0 Å². The van der Waals surface area contributed by atoms with Crippen molar-refractivity contribution in [2.45, 2.75) is 78.1 Å². The topological polar surface area (TPSA) is 9.23 Å². The molecule has 0 saturated heterocycles. The highest BCUT2D eigenvalue weighted by atomic mass is 28.4. The van der Waals surface area contributed by atoms with Crippen molar-refractivity contribution < 1.29 is 4.43 Å². The maximum absolute atomic E-state index is 6.69. The highest BCUT2D eigenvalue weighted by Crippen LogP contribution is 2.40. The minimum atomic E-state index is -1.65. The van der Waals surface area contributed by atoms with Gasteiger partial charge in [-0.2, -0.15) is 0 Å². The molecule has 0 aliphatic heterocycles. The predicted octanol–water partition coefficient (Wildman–Crippen LogP) is 5.39. The van der Waals surface area contributed by atoms with Gasteiger partial charge < -0.3 is 4.43 Å². The summed E-state index contributed by atoms with van der Waals surface area (Å²) >= 11 is 0. The van der Waals surface area contributed by atoms with E-state index < -0.39 is 8.32 Å². The van der Waals surface area contributed by atoms with E-state index in [0.29, 0.717) is 23.0 Å². The first kappa shape index (κ1) is 16.0. The van der Waals surface area contributed by atoms with Crippen LogP contribution in [0.4, 0.5) is 0 Å². The van der Waals surface area contributed by atoms with Crippen molar-refractivity contribution in [3.05, 3.63) is 12.2 Å². The maximum atomic E-state index is 6.69. The van der Waals surface area contributed by atoms with Crippen molar-refractivity contribution in [3.8, 4) is 0 Å². The third kappa shape index (κ3) is 3.96. The molecule has 0 fully saturated rings. The summed E-state index contributed by atoms with van der Waals surface area (Å²) in [5.41, 5.74) is 0. The Labute approximate surface area is 115 Å². The van der Waals surface area contributed by atoms with Gasteiger partial charge in [-0.05, 0) is 43.3 Å². The van der Waals surface area contributed by atoms with Crippen LogP contribution in [0.5, 0.6) is 0 Å². The SMILES string of the molecule is CC(C)[C@H](O[Si](C)(C)C(C)(C)C)[C@@H]1C=CCCC1. The standard InChI is InChI=1S/C16H32OSi/c1-13(2)15(14-11-9-8-10-12-14)17-18(6,7)16(3,4)5/h9,11,13-15H,8,10,12H2,1-7H3/t14-,15+/m1/s1. The van der Waals surface area contributed by atoms with Crippen LogP contribution in [0.1, 0.15) is 53.9 Å². The Morgan fingerprint density at radius 3 is 2.22 bits per heavy atom. The molecule has 0 radical (unpaired) electrons. The molecule has 1 rings (SSSR count). The lowest BCUT2D eigenvalue weighted by Gasteiger charge is -2.43. The Balaban J connectivity index is 2.80. The normalized spacial score (nSPS) is 23.4. The molecule has 0 aromatic heterocycles. The van der Waals surface area contributed by atoms with Crippen molar-refractivity contribution in [2.24, 2.45) is 11.8 Å². The van der Waals surface area contributed by atoms with Gasteiger partial charge in [0, 0.05) is 5.92 Å². The summed E-state index contributed by atoms with van der Waals surface area (Å²) in [6.07, 6.45) is 9.03. The third-order valence-electron chi connectivity index (χ3n) is 4.61. The molecule has 2 heteroatoms. The summed E-state index contributed by atoms with van der Waals surface area (Å²) in [4.78, 5) is 0. The lowest BCUT2D eigenvalue weighted by Crippen LogP contribution is -2.47. The van der Waals surface area contributed by atoms with Crippen LogP contribution in [-0.2, 0) is 4.43 Å². The van der Waals surface area contributed by atoms with E-state index in [0.717, 1.165) is 0 Å². The van der Waals surface area contributed by atoms with Crippen LogP contribution < -0.4 is 0 Å². The van der Waals surface area contributed by atoms with E-state index in [2.05, 4.69) is 59.9 Å². The van der Waals surface area contributed by atoms with Crippen molar-refractivity contribution >= 4 is 8.32 Å². The molecule has 1 aliphatic rings. The number of hydrogen-bond acceptors (Lipinski definition) is 1. The maximum Gasteiger partial charge on any atom is 0.192 e. The van der Waals surface area contributed by atoms with Gasteiger partial charge in [0.05, 0.1) is 6.10 Å². The van der Waals surface area contributed by atoms with E-state index in [-0.39, 0.29) is 0 Å². The average molecular weight is 269 g/mol. The number of rotatable bonds is 4. The van der Waals surface area contributed by atoms with E-state index in [4.69, 9.17) is 4.43 Å². The molecule has 18 heavy (non-hydrogen) atoms. The van der Waals surface area contributed by atoms with Gasteiger partial charge in [-0.1, -0.05) is 46.8 Å². The van der Waals surface area contributed by atoms with Gasteiger partial charge in [-0.15, -0.1) is 0 Å². The molecular weight excluding hydrogens is 236 g/mol. The lowest BCUT2D eigenvalue weighted by atomic mass is 9.86. The van der Waals surface area contributed by atoms with E-state index >= 15 is 0 Å². The fourth-order valence-electron chi connectivity index (χ4n) is 2.35. The molecule has 0 bridgehead atoms. The molecular formula is C16H32OSi. The van der Waals surface area contributed by atoms with Crippen LogP contribution in [-0.4, -0.2) is 14.4 Å². The average Bonchev–Trinajstić information content (AvgIpc) is 2.25. The van der Waals surface area contributed by atoms with Crippen LogP contribution in [0.15, 0.2) is 12.2 Å². The first-order valence-corrected chi connectivity index (χ1v) is 10.4. The van der Waals surface area contributed by atoms with E-state index in [1.165, 1.54) is 19.3 Å². The van der Waals surface area contributed by atoms with E-state index in [1.807, 2.05) is 0 Å². The molecule has 1 aliphatic carbocycles. The minimum absolute atomic E-state index is 0.304. The molecule has 0 amide bonds. The summed E-state index contributed by atoms with van der Waals surface area (Å²) in [6.45, 7) is 16.3. The smallest absolute Gasteiger partial charge is 0.192 e. The van der Waals surface area contributed by atoms with Crippen LogP contribution in [0.3, 0.4) is 0 Å². The van der Waals surface area contributed by atoms with Crippen molar-refractivity contribution in [2.75, 3.05) is 0 Å². The van der Waals surface area contributed by atoms with Gasteiger partial charge >= 0.3 is 0 Å². The zero-order valence-electron chi connectivity index (χ0n) is 13.4. The van der Waals surface area contributed by atoms with Gasteiger partial charge in [0.2, 0.25) is 0 Å². The monoisotopic (exact) mass is 268 g/mol. The van der Waals surface area contributed by atoms with Crippen LogP contribution in [0.25, 0.3) is 0 Å². The molecule has 0 aromatic carbocycles. The molecule has 1 nitrogen and oxygen atoms in total. The van der Waals surface area contributed by atoms with Crippen molar-refractivity contribution in [3.63, 3.8) is 0 Å². The summed E-state index contributed by atoms with van der Waals surface area (Å²) in [5, 5.41) is 0.304. The summed E-state index contributed by atoms with van der Waals surface area (Å²) < 4.78 is 6.69. The molecule has 2 atom stereocenters.